The largest absolute Gasteiger partial charge is 0.453 e. The third kappa shape index (κ3) is 7.09. The summed E-state index contributed by atoms with van der Waals surface area (Å²) in [5.41, 5.74) is 0. The van der Waals surface area contributed by atoms with Crippen molar-refractivity contribution < 1.29 is 29.2 Å². The molecule has 1 amide bonds. The summed E-state index contributed by atoms with van der Waals surface area (Å²) in [6.07, 6.45) is -2.66. The SMILES string of the molecule is COC(=O)N(COC(C)O)COC(C)O. The van der Waals surface area contributed by atoms with E-state index in [-0.39, 0.29) is 13.5 Å². The Labute approximate surface area is 88.1 Å². The molecule has 0 rings (SSSR count). The molecule has 15 heavy (non-hydrogen) atoms. The summed E-state index contributed by atoms with van der Waals surface area (Å²) in [5.74, 6) is 0. The summed E-state index contributed by atoms with van der Waals surface area (Å²) in [4.78, 5) is 12.2. The highest BCUT2D eigenvalue weighted by atomic mass is 16.6. The number of carbonyl (C=O) groups is 1. The summed E-state index contributed by atoms with van der Waals surface area (Å²) in [6.45, 7) is 2.45. The topological polar surface area (TPSA) is 88.5 Å². The molecule has 90 valence electrons. The van der Waals surface area contributed by atoms with E-state index >= 15 is 0 Å². The molecule has 0 saturated heterocycles. The highest BCUT2D eigenvalue weighted by Gasteiger charge is 2.15. The number of hydrogen-bond acceptors (Lipinski definition) is 6. The zero-order valence-electron chi connectivity index (χ0n) is 9.04. The maximum Gasteiger partial charge on any atom is 0.413 e. The van der Waals surface area contributed by atoms with Gasteiger partial charge in [0.25, 0.3) is 0 Å². The number of hydrogen-bond donors (Lipinski definition) is 2. The first-order valence-electron chi connectivity index (χ1n) is 4.39. The number of nitrogens with zero attached hydrogens (tertiary/aromatic N) is 1. The fourth-order valence-corrected chi connectivity index (χ4v) is 0.667. The van der Waals surface area contributed by atoms with E-state index in [0.717, 1.165) is 4.90 Å². The molecule has 0 aromatic rings. The third-order valence-electron chi connectivity index (χ3n) is 1.38. The minimum absolute atomic E-state index is 0.183. The summed E-state index contributed by atoms with van der Waals surface area (Å²) in [7, 11) is 1.21. The van der Waals surface area contributed by atoms with Crippen LogP contribution in [0.25, 0.3) is 0 Å². The normalized spacial score (nSPS) is 14.5. The van der Waals surface area contributed by atoms with Crippen LogP contribution in [0.4, 0.5) is 4.79 Å². The second-order valence-corrected chi connectivity index (χ2v) is 2.80. The Morgan fingerprint density at radius 1 is 1.20 bits per heavy atom. The average molecular weight is 223 g/mol. The second kappa shape index (κ2) is 7.41. The van der Waals surface area contributed by atoms with Gasteiger partial charge in [-0.1, -0.05) is 0 Å². The van der Waals surface area contributed by atoms with Gasteiger partial charge in [-0.05, 0) is 13.8 Å². The van der Waals surface area contributed by atoms with Crippen LogP contribution in [-0.4, -0.2) is 54.4 Å². The molecule has 0 aromatic heterocycles. The van der Waals surface area contributed by atoms with Crippen LogP contribution in [0.2, 0.25) is 0 Å². The van der Waals surface area contributed by atoms with Crippen molar-refractivity contribution in [2.24, 2.45) is 0 Å². The minimum atomic E-state index is -0.997. The number of rotatable bonds is 6. The first-order valence-corrected chi connectivity index (χ1v) is 4.39. The summed E-state index contributed by atoms with van der Waals surface area (Å²) in [5, 5.41) is 17.7. The van der Waals surface area contributed by atoms with E-state index in [4.69, 9.17) is 19.7 Å². The van der Waals surface area contributed by atoms with Crippen LogP contribution >= 0.6 is 0 Å². The Balaban J connectivity index is 4.01. The van der Waals surface area contributed by atoms with Gasteiger partial charge in [0, 0.05) is 0 Å². The maximum absolute atomic E-state index is 11.1. The van der Waals surface area contributed by atoms with Crippen LogP contribution < -0.4 is 0 Å². The molecular formula is C8H17NO6. The molecule has 2 unspecified atom stereocenters. The van der Waals surface area contributed by atoms with Gasteiger partial charge >= 0.3 is 6.09 Å². The highest BCUT2D eigenvalue weighted by Crippen LogP contribution is 1.98. The number of amides is 1. The number of ether oxygens (including phenoxy) is 3. The lowest BCUT2D eigenvalue weighted by Gasteiger charge is -2.22. The van der Waals surface area contributed by atoms with Crippen molar-refractivity contribution in [2.45, 2.75) is 26.4 Å². The van der Waals surface area contributed by atoms with Gasteiger partial charge < -0.3 is 24.4 Å². The van der Waals surface area contributed by atoms with Gasteiger partial charge in [-0.25, -0.2) is 4.79 Å². The molecule has 0 saturated carbocycles. The molecule has 0 heterocycles. The smallest absolute Gasteiger partial charge is 0.413 e. The first-order chi connectivity index (χ1) is 6.97. The van der Waals surface area contributed by atoms with Crippen molar-refractivity contribution in [2.75, 3.05) is 20.6 Å². The van der Waals surface area contributed by atoms with Crippen LogP contribution in [0, 0.1) is 0 Å². The molecule has 0 spiro atoms. The molecule has 0 radical (unpaired) electrons. The van der Waals surface area contributed by atoms with Crippen LogP contribution in [0.15, 0.2) is 0 Å². The Bertz CT molecular complexity index is 172. The average Bonchev–Trinajstić information content (AvgIpc) is 2.16. The molecular weight excluding hydrogens is 206 g/mol. The maximum atomic E-state index is 11.1. The number of aliphatic hydroxyl groups is 2. The molecule has 2 N–H and O–H groups in total. The Morgan fingerprint density at radius 3 is 1.87 bits per heavy atom. The first kappa shape index (κ1) is 14.1. The van der Waals surface area contributed by atoms with Gasteiger partial charge in [-0.2, -0.15) is 0 Å². The zero-order chi connectivity index (χ0) is 11.8. The van der Waals surface area contributed by atoms with Crippen molar-refractivity contribution in [1.82, 2.24) is 4.90 Å². The van der Waals surface area contributed by atoms with Crippen molar-refractivity contribution in [1.29, 1.82) is 0 Å². The lowest BCUT2D eigenvalue weighted by atomic mass is 10.7. The summed E-state index contributed by atoms with van der Waals surface area (Å²) < 4.78 is 14.0. The summed E-state index contributed by atoms with van der Waals surface area (Å²) >= 11 is 0. The molecule has 0 aliphatic heterocycles. The highest BCUT2D eigenvalue weighted by molar-refractivity contribution is 5.66. The van der Waals surface area contributed by atoms with E-state index in [0.29, 0.717) is 0 Å². The standard InChI is InChI=1S/C8H17NO6/c1-6(10)14-4-9(8(12)13-3)5-15-7(2)11/h6-7,10-11H,4-5H2,1-3H3. The van der Waals surface area contributed by atoms with Gasteiger partial charge in [-0.3, -0.25) is 4.90 Å². The number of aliphatic hydroxyl groups excluding tert-OH is 2. The van der Waals surface area contributed by atoms with Gasteiger partial charge in [0.2, 0.25) is 0 Å². The molecule has 0 aromatic carbocycles. The molecule has 0 fully saturated rings. The predicted molar refractivity (Wildman–Crippen MR) is 49.5 cm³/mol. The lowest BCUT2D eigenvalue weighted by molar-refractivity contribution is -0.159. The Kier molecular flexibility index (Phi) is 6.97. The van der Waals surface area contributed by atoms with Gasteiger partial charge in [0.15, 0.2) is 12.6 Å². The van der Waals surface area contributed by atoms with Crippen LogP contribution in [0.5, 0.6) is 0 Å². The summed E-state index contributed by atoms with van der Waals surface area (Å²) in [6, 6.07) is 0. The number of carbonyl (C=O) groups excluding carboxylic acids is 1. The molecule has 2 atom stereocenters. The van der Waals surface area contributed by atoms with Crippen molar-refractivity contribution in [3.63, 3.8) is 0 Å². The zero-order valence-corrected chi connectivity index (χ0v) is 9.04. The fraction of sp³-hybridized carbons (Fsp3) is 0.875. The molecule has 7 nitrogen and oxygen atoms in total. The molecule has 0 bridgehead atoms. The van der Waals surface area contributed by atoms with Crippen LogP contribution in [0.1, 0.15) is 13.8 Å². The van der Waals surface area contributed by atoms with Gasteiger partial charge in [-0.15, -0.1) is 0 Å². The van der Waals surface area contributed by atoms with E-state index in [1.165, 1.54) is 21.0 Å². The lowest BCUT2D eigenvalue weighted by Crippen LogP contribution is -2.37. The second-order valence-electron chi connectivity index (χ2n) is 2.80. The van der Waals surface area contributed by atoms with E-state index < -0.39 is 18.7 Å². The van der Waals surface area contributed by atoms with E-state index in [1.54, 1.807) is 0 Å². The molecule has 0 aliphatic rings. The van der Waals surface area contributed by atoms with Crippen molar-refractivity contribution in [3.8, 4) is 0 Å². The van der Waals surface area contributed by atoms with E-state index in [2.05, 4.69) is 4.74 Å². The van der Waals surface area contributed by atoms with Gasteiger partial charge in [0.05, 0.1) is 7.11 Å². The molecule has 0 aliphatic carbocycles. The fourth-order valence-electron chi connectivity index (χ4n) is 0.667. The predicted octanol–water partition coefficient (Wildman–Crippen LogP) is -0.320. The van der Waals surface area contributed by atoms with E-state index in [9.17, 15) is 4.79 Å². The van der Waals surface area contributed by atoms with Crippen molar-refractivity contribution >= 4 is 6.09 Å². The quantitative estimate of drug-likeness (QED) is 0.600. The van der Waals surface area contributed by atoms with Crippen LogP contribution in [0.3, 0.4) is 0 Å². The third-order valence-corrected chi connectivity index (χ3v) is 1.38. The van der Waals surface area contributed by atoms with E-state index in [1.807, 2.05) is 0 Å². The van der Waals surface area contributed by atoms with Crippen LogP contribution in [-0.2, 0) is 14.2 Å². The van der Waals surface area contributed by atoms with Gasteiger partial charge in [0.1, 0.15) is 13.5 Å². The van der Waals surface area contributed by atoms with Crippen molar-refractivity contribution in [3.05, 3.63) is 0 Å². The Hall–Kier alpha value is -0.890. The molecule has 7 heteroatoms. The minimum Gasteiger partial charge on any atom is -0.453 e. The number of methoxy groups -OCH3 is 1. The Morgan fingerprint density at radius 2 is 1.60 bits per heavy atom. The monoisotopic (exact) mass is 223 g/mol.